The van der Waals surface area contributed by atoms with Crippen molar-refractivity contribution in [2.24, 2.45) is 5.92 Å². The number of hydrogen-bond donors (Lipinski definition) is 1. The topological polar surface area (TPSA) is 28.7 Å². The maximum atomic E-state index is 3.98. The summed E-state index contributed by atoms with van der Waals surface area (Å²) < 4.78 is 0. The van der Waals surface area contributed by atoms with Crippen LogP contribution in [0.4, 0.5) is 0 Å². The zero-order chi connectivity index (χ0) is 6.81. The number of H-pyrrole nitrogens is 1. The van der Waals surface area contributed by atoms with Crippen LogP contribution in [0.3, 0.4) is 0 Å². The van der Waals surface area contributed by atoms with Crippen LogP contribution in [0.2, 0.25) is 0 Å². The van der Waals surface area contributed by atoms with Crippen LogP contribution in [0, 0.1) is 5.92 Å². The predicted octanol–water partition coefficient (Wildman–Crippen LogP) is 1.75. The molecule has 2 heteroatoms. The van der Waals surface area contributed by atoms with E-state index in [0.29, 0.717) is 0 Å². The Labute approximate surface area is 60.7 Å². The summed E-state index contributed by atoms with van der Waals surface area (Å²) in [5, 5.41) is 0. The number of hydrogen-bond acceptors (Lipinski definition) is 1. The Hall–Kier alpha value is -0.790. The minimum Gasteiger partial charge on any atom is -0.348 e. The molecule has 1 aromatic heterocycles. The Bertz CT molecular complexity index is 187. The molecule has 1 aromatic rings. The minimum atomic E-state index is 0.945. The van der Waals surface area contributed by atoms with Gasteiger partial charge in [-0.1, -0.05) is 19.3 Å². The van der Waals surface area contributed by atoms with Crippen molar-refractivity contribution in [1.29, 1.82) is 0 Å². The summed E-state index contributed by atoms with van der Waals surface area (Å²) in [6, 6.07) is 0. The summed E-state index contributed by atoms with van der Waals surface area (Å²) in [6.07, 6.45) is 9.16. The van der Waals surface area contributed by atoms with E-state index in [1.807, 2.05) is 6.20 Å². The first-order chi connectivity index (χ1) is 4.95. The maximum Gasteiger partial charge on any atom is 0.0921 e. The lowest BCUT2D eigenvalue weighted by Crippen LogP contribution is -2.13. The second kappa shape index (κ2) is 2.45. The first kappa shape index (κ1) is 5.96. The number of nitrogens with zero attached hydrogens (tertiary/aromatic N) is 1. The molecule has 10 heavy (non-hydrogen) atoms. The van der Waals surface area contributed by atoms with Gasteiger partial charge < -0.3 is 4.98 Å². The van der Waals surface area contributed by atoms with Gasteiger partial charge in [-0.2, -0.15) is 0 Å². The lowest BCUT2D eigenvalue weighted by Gasteiger charge is -2.24. The average Bonchev–Trinajstić information content (AvgIpc) is 2.29. The molecule has 0 spiro atoms. The van der Waals surface area contributed by atoms with Gasteiger partial charge >= 0.3 is 0 Å². The fourth-order valence-corrected chi connectivity index (χ4v) is 1.40. The highest BCUT2D eigenvalue weighted by Crippen LogP contribution is 2.28. The van der Waals surface area contributed by atoms with Crippen LogP contribution in [0.1, 0.15) is 25.0 Å². The average molecular weight is 136 g/mol. The molecule has 1 N–H and O–H groups in total. The van der Waals surface area contributed by atoms with E-state index in [9.17, 15) is 0 Å². The molecule has 0 atom stereocenters. The number of imidazole rings is 1. The van der Waals surface area contributed by atoms with E-state index in [0.717, 1.165) is 5.92 Å². The van der Waals surface area contributed by atoms with Gasteiger partial charge in [0, 0.05) is 11.9 Å². The molecule has 0 aliphatic heterocycles. The lowest BCUT2D eigenvalue weighted by atomic mass is 9.82. The molecule has 0 saturated heterocycles. The van der Waals surface area contributed by atoms with Crippen molar-refractivity contribution in [3.63, 3.8) is 0 Å². The molecule has 2 rings (SSSR count). The van der Waals surface area contributed by atoms with Crippen LogP contribution in [0.25, 0.3) is 0 Å². The Morgan fingerprint density at radius 1 is 1.60 bits per heavy atom. The van der Waals surface area contributed by atoms with E-state index < -0.39 is 0 Å². The van der Waals surface area contributed by atoms with Crippen molar-refractivity contribution >= 4 is 0 Å². The van der Waals surface area contributed by atoms with Crippen molar-refractivity contribution < 1.29 is 0 Å². The molecule has 1 heterocycles. The molecule has 2 nitrogen and oxygen atoms in total. The van der Waals surface area contributed by atoms with Gasteiger partial charge in [0.05, 0.1) is 6.33 Å². The molecule has 0 radical (unpaired) electrons. The molecule has 0 amide bonds. The van der Waals surface area contributed by atoms with Crippen molar-refractivity contribution in [3.8, 4) is 0 Å². The first-order valence-electron chi connectivity index (χ1n) is 3.92. The third kappa shape index (κ3) is 1.06. The summed E-state index contributed by atoms with van der Waals surface area (Å²) in [5.74, 6) is 0.945. The third-order valence-electron chi connectivity index (χ3n) is 2.29. The monoisotopic (exact) mass is 136 g/mol. The number of aromatic amines is 1. The van der Waals surface area contributed by atoms with Gasteiger partial charge in [-0.25, -0.2) is 4.98 Å². The molecule has 54 valence electrons. The Morgan fingerprint density at radius 2 is 2.50 bits per heavy atom. The lowest BCUT2D eigenvalue weighted by molar-refractivity contribution is 0.312. The summed E-state index contributed by atoms with van der Waals surface area (Å²) in [5.41, 5.74) is 1.30. The molecular weight excluding hydrogens is 124 g/mol. The van der Waals surface area contributed by atoms with Gasteiger partial charge in [-0.15, -0.1) is 0 Å². The quantitative estimate of drug-likeness (QED) is 0.659. The van der Waals surface area contributed by atoms with Gasteiger partial charge in [-0.05, 0) is 12.3 Å². The van der Waals surface area contributed by atoms with Crippen molar-refractivity contribution in [3.05, 3.63) is 18.2 Å². The smallest absolute Gasteiger partial charge is 0.0921 e. The molecule has 0 bridgehead atoms. The standard InChI is InChI=1S/C8H12N2/c1-2-7(3-1)4-8-5-9-6-10-8/h5-7H,1-4H2,(H,9,10). The molecule has 1 fully saturated rings. The summed E-state index contributed by atoms with van der Waals surface area (Å²) in [4.78, 5) is 7.10. The van der Waals surface area contributed by atoms with Crippen molar-refractivity contribution in [1.82, 2.24) is 9.97 Å². The summed E-state index contributed by atoms with van der Waals surface area (Å²) >= 11 is 0. The van der Waals surface area contributed by atoms with Crippen LogP contribution in [-0.4, -0.2) is 9.97 Å². The Morgan fingerprint density at radius 3 is 3.00 bits per heavy atom. The van der Waals surface area contributed by atoms with Crippen LogP contribution < -0.4 is 0 Å². The number of nitrogens with one attached hydrogen (secondary N) is 1. The van der Waals surface area contributed by atoms with Gasteiger partial charge in [-0.3, -0.25) is 0 Å². The van der Waals surface area contributed by atoms with E-state index in [-0.39, 0.29) is 0 Å². The van der Waals surface area contributed by atoms with E-state index in [2.05, 4.69) is 9.97 Å². The molecule has 0 aromatic carbocycles. The summed E-state index contributed by atoms with van der Waals surface area (Å²) in [6.45, 7) is 0. The number of aromatic nitrogens is 2. The van der Waals surface area contributed by atoms with E-state index in [4.69, 9.17) is 0 Å². The molecule has 0 unspecified atom stereocenters. The van der Waals surface area contributed by atoms with E-state index >= 15 is 0 Å². The highest BCUT2D eigenvalue weighted by molar-refractivity contribution is 4.97. The van der Waals surface area contributed by atoms with Gasteiger partial charge in [0.2, 0.25) is 0 Å². The van der Waals surface area contributed by atoms with Gasteiger partial charge in [0.15, 0.2) is 0 Å². The highest BCUT2D eigenvalue weighted by Gasteiger charge is 2.17. The normalized spacial score (nSPS) is 18.8. The highest BCUT2D eigenvalue weighted by atomic mass is 14.9. The second-order valence-corrected chi connectivity index (χ2v) is 3.08. The molecule has 1 saturated carbocycles. The fourth-order valence-electron chi connectivity index (χ4n) is 1.40. The molecule has 1 aliphatic rings. The minimum absolute atomic E-state index is 0.945. The van der Waals surface area contributed by atoms with Crippen LogP contribution in [-0.2, 0) is 6.42 Å². The third-order valence-corrected chi connectivity index (χ3v) is 2.29. The Kier molecular flexibility index (Phi) is 1.46. The predicted molar refractivity (Wildman–Crippen MR) is 39.6 cm³/mol. The number of rotatable bonds is 2. The van der Waals surface area contributed by atoms with Crippen LogP contribution >= 0.6 is 0 Å². The van der Waals surface area contributed by atoms with Crippen LogP contribution in [0.5, 0.6) is 0 Å². The molecular formula is C8H12N2. The second-order valence-electron chi connectivity index (χ2n) is 3.08. The zero-order valence-corrected chi connectivity index (χ0v) is 6.01. The van der Waals surface area contributed by atoms with E-state index in [1.54, 1.807) is 6.33 Å². The van der Waals surface area contributed by atoms with Crippen molar-refractivity contribution in [2.75, 3.05) is 0 Å². The summed E-state index contributed by atoms with van der Waals surface area (Å²) in [7, 11) is 0. The largest absolute Gasteiger partial charge is 0.348 e. The van der Waals surface area contributed by atoms with Gasteiger partial charge in [0.1, 0.15) is 0 Å². The maximum absolute atomic E-state index is 3.98. The first-order valence-corrected chi connectivity index (χ1v) is 3.92. The SMILES string of the molecule is c1ncc(CC2CCC2)[nH]1. The fraction of sp³-hybridized carbons (Fsp3) is 0.625. The Balaban J connectivity index is 1.90. The van der Waals surface area contributed by atoms with E-state index in [1.165, 1.54) is 31.4 Å². The zero-order valence-electron chi connectivity index (χ0n) is 6.01. The molecule has 1 aliphatic carbocycles. The van der Waals surface area contributed by atoms with Crippen LogP contribution in [0.15, 0.2) is 12.5 Å². The van der Waals surface area contributed by atoms with Crippen molar-refractivity contribution in [2.45, 2.75) is 25.7 Å². The van der Waals surface area contributed by atoms with Gasteiger partial charge in [0.25, 0.3) is 0 Å².